The molecule has 1 aromatic carbocycles. The maximum Gasteiger partial charge on any atom is 0.307 e. The lowest BCUT2D eigenvalue weighted by Crippen LogP contribution is -2.23. The van der Waals surface area contributed by atoms with Crippen LogP contribution in [0.4, 0.5) is 0 Å². The molecule has 0 amide bonds. The number of carbonyl (C=O) groups is 2. The zero-order chi connectivity index (χ0) is 13.7. The summed E-state index contributed by atoms with van der Waals surface area (Å²) >= 11 is 0. The van der Waals surface area contributed by atoms with Crippen LogP contribution in [0.2, 0.25) is 0 Å². The van der Waals surface area contributed by atoms with E-state index in [0.717, 1.165) is 5.56 Å². The summed E-state index contributed by atoms with van der Waals surface area (Å²) in [5.41, 5.74) is 1.53. The van der Waals surface area contributed by atoms with Crippen molar-refractivity contribution < 1.29 is 18.9 Å². The Labute approximate surface area is 108 Å². The third kappa shape index (κ3) is 4.41. The van der Waals surface area contributed by atoms with E-state index >= 15 is 0 Å². The van der Waals surface area contributed by atoms with Crippen LogP contribution in [0.3, 0.4) is 0 Å². The van der Waals surface area contributed by atoms with Gasteiger partial charge in [-0.05, 0) is 6.92 Å². The highest BCUT2D eigenvalue weighted by molar-refractivity contribution is 7.84. The Kier molecular flexibility index (Phi) is 5.22. The highest BCUT2D eigenvalue weighted by Gasteiger charge is 2.23. The Morgan fingerprint density at radius 3 is 2.28 bits per heavy atom. The van der Waals surface area contributed by atoms with Crippen molar-refractivity contribution in [3.63, 3.8) is 0 Å². The van der Waals surface area contributed by atoms with E-state index in [2.05, 4.69) is 0 Å². The zero-order valence-electron chi connectivity index (χ0n) is 10.4. The Morgan fingerprint density at radius 1 is 1.28 bits per heavy atom. The van der Waals surface area contributed by atoms with Crippen LogP contribution in [-0.4, -0.2) is 33.1 Å². The summed E-state index contributed by atoms with van der Waals surface area (Å²) in [4.78, 5) is 22.9. The van der Waals surface area contributed by atoms with Crippen molar-refractivity contribution in [3.8, 4) is 0 Å². The van der Waals surface area contributed by atoms with Gasteiger partial charge in [-0.1, -0.05) is 29.8 Å². The summed E-state index contributed by atoms with van der Waals surface area (Å²) < 4.78 is 11.1. The van der Waals surface area contributed by atoms with Crippen LogP contribution < -0.4 is 0 Å². The standard InChI is InChI=1S/C13H16O4S/c1-9-3-5-10(6-4-9)12(14)7-11(13(15)16)8-18(2)17/h3-6,11H,7-8H2,1-2H3,(H,15,16). The quantitative estimate of drug-likeness (QED) is 0.796. The highest BCUT2D eigenvalue weighted by atomic mass is 32.2. The van der Waals surface area contributed by atoms with E-state index in [1.165, 1.54) is 6.26 Å². The van der Waals surface area contributed by atoms with Crippen LogP contribution in [-0.2, 0) is 15.6 Å². The number of ketones is 1. The molecular weight excluding hydrogens is 252 g/mol. The van der Waals surface area contributed by atoms with Crippen molar-refractivity contribution in [2.75, 3.05) is 12.0 Å². The lowest BCUT2D eigenvalue weighted by atomic mass is 9.99. The SMILES string of the molecule is Cc1ccc(C(=O)CC(CS(C)=O)C(=O)O)cc1. The Morgan fingerprint density at radius 2 is 1.83 bits per heavy atom. The largest absolute Gasteiger partial charge is 0.481 e. The van der Waals surface area contributed by atoms with Gasteiger partial charge in [-0.15, -0.1) is 0 Å². The van der Waals surface area contributed by atoms with Crippen LogP contribution in [0, 0.1) is 12.8 Å². The zero-order valence-corrected chi connectivity index (χ0v) is 11.2. The molecule has 0 aliphatic carbocycles. The van der Waals surface area contributed by atoms with E-state index in [1.807, 2.05) is 6.92 Å². The van der Waals surface area contributed by atoms with Gasteiger partial charge in [-0.2, -0.15) is 0 Å². The normalized spacial score (nSPS) is 13.9. The number of rotatable bonds is 6. The number of carboxylic acids is 1. The van der Waals surface area contributed by atoms with E-state index in [1.54, 1.807) is 24.3 Å². The molecule has 0 aromatic heterocycles. The van der Waals surface area contributed by atoms with Gasteiger partial charge in [-0.3, -0.25) is 13.8 Å². The number of hydrogen-bond acceptors (Lipinski definition) is 3. The van der Waals surface area contributed by atoms with Crippen molar-refractivity contribution in [3.05, 3.63) is 35.4 Å². The minimum Gasteiger partial charge on any atom is -0.481 e. The fourth-order valence-corrected chi connectivity index (χ4v) is 2.41. The minimum atomic E-state index is -1.23. The average Bonchev–Trinajstić information content (AvgIpc) is 2.28. The first kappa shape index (κ1) is 14.6. The van der Waals surface area contributed by atoms with E-state index in [4.69, 9.17) is 5.11 Å². The lowest BCUT2D eigenvalue weighted by Gasteiger charge is -2.09. The van der Waals surface area contributed by atoms with Gasteiger partial charge < -0.3 is 5.11 Å². The van der Waals surface area contributed by atoms with Crippen molar-refractivity contribution in [1.82, 2.24) is 0 Å². The number of aliphatic carboxylic acids is 1. The molecule has 5 heteroatoms. The fraction of sp³-hybridized carbons (Fsp3) is 0.385. The van der Waals surface area contributed by atoms with Gasteiger partial charge in [0.1, 0.15) is 0 Å². The lowest BCUT2D eigenvalue weighted by molar-refractivity contribution is -0.140. The van der Waals surface area contributed by atoms with Crippen molar-refractivity contribution in [1.29, 1.82) is 0 Å². The van der Waals surface area contributed by atoms with E-state index in [9.17, 15) is 13.8 Å². The molecule has 98 valence electrons. The molecule has 0 spiro atoms. The predicted molar refractivity (Wildman–Crippen MR) is 70.2 cm³/mol. The highest BCUT2D eigenvalue weighted by Crippen LogP contribution is 2.12. The molecular formula is C13H16O4S. The summed E-state index contributed by atoms with van der Waals surface area (Å²) in [5.74, 6) is -2.18. The molecule has 1 aromatic rings. The third-order valence-electron chi connectivity index (χ3n) is 2.59. The average molecular weight is 268 g/mol. The molecule has 0 saturated carbocycles. The number of hydrogen-bond donors (Lipinski definition) is 1. The number of Topliss-reactive ketones (excluding diaryl/α,β-unsaturated/α-hetero) is 1. The molecule has 2 unspecified atom stereocenters. The second-order valence-electron chi connectivity index (χ2n) is 4.27. The second kappa shape index (κ2) is 6.44. The number of carboxylic acid groups (broad SMARTS) is 1. The van der Waals surface area contributed by atoms with Crippen LogP contribution >= 0.6 is 0 Å². The molecule has 18 heavy (non-hydrogen) atoms. The number of benzene rings is 1. The topological polar surface area (TPSA) is 71.4 Å². The predicted octanol–water partition coefficient (Wildman–Crippen LogP) is 1.65. The van der Waals surface area contributed by atoms with Gasteiger partial charge in [0, 0.05) is 34.8 Å². The van der Waals surface area contributed by atoms with Gasteiger partial charge in [0.05, 0.1) is 5.92 Å². The summed E-state index contributed by atoms with van der Waals surface area (Å²) in [5, 5.41) is 8.98. The monoisotopic (exact) mass is 268 g/mol. The van der Waals surface area contributed by atoms with Gasteiger partial charge in [0.15, 0.2) is 5.78 Å². The Hall–Kier alpha value is -1.49. The molecule has 0 fully saturated rings. The minimum absolute atomic E-state index is 0.00688. The first-order valence-corrected chi connectivity index (χ1v) is 7.25. The molecule has 0 aliphatic heterocycles. The molecule has 4 nitrogen and oxygen atoms in total. The van der Waals surface area contributed by atoms with E-state index in [0.29, 0.717) is 5.56 Å². The third-order valence-corrected chi connectivity index (χ3v) is 3.46. The van der Waals surface area contributed by atoms with E-state index < -0.39 is 22.7 Å². The van der Waals surface area contributed by atoms with Crippen LogP contribution in [0.1, 0.15) is 22.3 Å². The van der Waals surface area contributed by atoms with Gasteiger partial charge in [-0.25, -0.2) is 0 Å². The summed E-state index contributed by atoms with van der Waals surface area (Å²) in [7, 11) is -1.23. The smallest absolute Gasteiger partial charge is 0.307 e. The Bertz CT molecular complexity index is 464. The molecule has 1 rings (SSSR count). The first-order chi connectivity index (χ1) is 8.40. The maximum atomic E-state index is 11.9. The molecule has 1 N–H and O–H groups in total. The van der Waals surface area contributed by atoms with Crippen molar-refractivity contribution in [2.45, 2.75) is 13.3 Å². The van der Waals surface area contributed by atoms with Gasteiger partial charge >= 0.3 is 5.97 Å². The summed E-state index contributed by atoms with van der Waals surface area (Å²) in [6.07, 6.45) is 1.32. The second-order valence-corrected chi connectivity index (χ2v) is 5.75. The van der Waals surface area contributed by atoms with Crippen LogP contribution in [0.15, 0.2) is 24.3 Å². The van der Waals surface area contributed by atoms with Crippen molar-refractivity contribution >= 4 is 22.6 Å². The molecule has 0 bridgehead atoms. The number of aryl methyl sites for hydroxylation is 1. The Balaban J connectivity index is 2.75. The molecule has 0 saturated heterocycles. The summed E-state index contributed by atoms with van der Waals surface area (Å²) in [6.45, 7) is 1.91. The maximum absolute atomic E-state index is 11.9. The molecule has 0 heterocycles. The van der Waals surface area contributed by atoms with Crippen LogP contribution in [0.5, 0.6) is 0 Å². The first-order valence-electron chi connectivity index (χ1n) is 5.53. The fourth-order valence-electron chi connectivity index (χ4n) is 1.58. The van der Waals surface area contributed by atoms with Crippen LogP contribution in [0.25, 0.3) is 0 Å². The number of carbonyl (C=O) groups excluding carboxylic acids is 1. The van der Waals surface area contributed by atoms with Crippen molar-refractivity contribution in [2.24, 2.45) is 5.92 Å². The summed E-state index contributed by atoms with van der Waals surface area (Å²) in [6, 6.07) is 6.97. The van der Waals surface area contributed by atoms with Gasteiger partial charge in [0.25, 0.3) is 0 Å². The molecule has 2 atom stereocenters. The molecule has 0 radical (unpaired) electrons. The van der Waals surface area contributed by atoms with E-state index in [-0.39, 0.29) is 18.0 Å². The van der Waals surface area contributed by atoms with Gasteiger partial charge in [0.2, 0.25) is 0 Å². The molecule has 0 aliphatic rings.